The van der Waals surface area contributed by atoms with Crippen molar-refractivity contribution in [2.75, 3.05) is 15.9 Å². The molecule has 0 saturated carbocycles. The van der Waals surface area contributed by atoms with Crippen molar-refractivity contribution < 1.29 is 35.2 Å². The number of nitrogens with one attached hydrogen (secondary N) is 1. The number of anilines is 2. The van der Waals surface area contributed by atoms with Gasteiger partial charge in [-0.2, -0.15) is 13.2 Å². The van der Waals surface area contributed by atoms with Gasteiger partial charge in [0.05, 0.1) is 12.8 Å². The van der Waals surface area contributed by atoms with Crippen molar-refractivity contribution in [3.8, 4) is 0 Å². The molecule has 0 fully saturated rings. The fourth-order valence-corrected chi connectivity index (χ4v) is 4.83. The van der Waals surface area contributed by atoms with E-state index < -0.39 is 45.1 Å². The number of amides is 1. The van der Waals surface area contributed by atoms with Gasteiger partial charge in [-0.15, -0.1) is 0 Å². The summed E-state index contributed by atoms with van der Waals surface area (Å²) >= 11 is 0. The van der Waals surface area contributed by atoms with Crippen LogP contribution in [-0.4, -0.2) is 25.6 Å². The third kappa shape index (κ3) is 8.71. The second-order valence-corrected chi connectivity index (χ2v) is 11.4. The Kier molecular flexibility index (Phi) is 9.59. The van der Waals surface area contributed by atoms with Gasteiger partial charge in [0.2, 0.25) is 10.0 Å². The zero-order valence-electron chi connectivity index (χ0n) is 22.8. The normalized spacial score (nSPS) is 12.0. The van der Waals surface area contributed by atoms with E-state index in [9.17, 15) is 35.2 Å². The van der Waals surface area contributed by atoms with Gasteiger partial charge >= 0.3 is 6.18 Å². The number of nitrogens with zero attached hydrogens (tertiary/aromatic N) is 2. The Balaban J connectivity index is 1.64. The van der Waals surface area contributed by atoms with Crippen LogP contribution in [0.4, 0.5) is 33.3 Å². The number of aryl methyl sites for hydroxylation is 2. The SMILES string of the molecule is CS(=O)(=O)Nc1c(F)cc(CN(C(=O)/C=C/c2ccc(C(F)(F)F)nc2CCc2ccccc2)c2ccccc2)cc1F. The molecule has 12 heteroatoms. The van der Waals surface area contributed by atoms with Crippen LogP contribution in [0.1, 0.15) is 28.1 Å². The van der Waals surface area contributed by atoms with Crippen LogP contribution in [0.15, 0.2) is 91.0 Å². The van der Waals surface area contributed by atoms with Crippen molar-refractivity contribution in [3.05, 3.63) is 131 Å². The van der Waals surface area contributed by atoms with E-state index in [0.29, 0.717) is 17.7 Å². The first-order chi connectivity index (χ1) is 20.3. The van der Waals surface area contributed by atoms with Crippen LogP contribution in [0.2, 0.25) is 0 Å². The minimum Gasteiger partial charge on any atom is -0.304 e. The first kappa shape index (κ1) is 31.4. The number of benzene rings is 3. The number of sulfonamides is 1. The van der Waals surface area contributed by atoms with E-state index in [1.165, 1.54) is 17.0 Å². The van der Waals surface area contributed by atoms with E-state index in [1.54, 1.807) is 35.1 Å². The lowest BCUT2D eigenvalue weighted by molar-refractivity contribution is -0.141. The molecule has 1 amide bonds. The van der Waals surface area contributed by atoms with E-state index in [2.05, 4.69) is 4.98 Å². The van der Waals surface area contributed by atoms with Crippen molar-refractivity contribution in [1.82, 2.24) is 4.98 Å². The van der Waals surface area contributed by atoms with Crippen molar-refractivity contribution in [2.45, 2.75) is 25.6 Å². The molecule has 0 atom stereocenters. The summed E-state index contributed by atoms with van der Waals surface area (Å²) in [5.74, 6) is -2.97. The van der Waals surface area contributed by atoms with Gasteiger partial charge in [-0.05, 0) is 65.9 Å². The zero-order valence-corrected chi connectivity index (χ0v) is 23.6. The van der Waals surface area contributed by atoms with Gasteiger partial charge < -0.3 is 4.90 Å². The highest BCUT2D eigenvalue weighted by molar-refractivity contribution is 7.92. The van der Waals surface area contributed by atoms with Crippen LogP contribution in [0.5, 0.6) is 0 Å². The minimum absolute atomic E-state index is 0.0272. The van der Waals surface area contributed by atoms with Gasteiger partial charge in [-0.1, -0.05) is 54.6 Å². The van der Waals surface area contributed by atoms with Crippen LogP contribution >= 0.6 is 0 Å². The van der Waals surface area contributed by atoms with Crippen LogP contribution in [0, 0.1) is 11.6 Å². The quantitative estimate of drug-likeness (QED) is 0.158. The van der Waals surface area contributed by atoms with Crippen LogP contribution in [0.3, 0.4) is 0 Å². The van der Waals surface area contributed by atoms with Gasteiger partial charge in [0.1, 0.15) is 11.4 Å². The number of carbonyl (C=O) groups is 1. The molecule has 1 heterocycles. The highest BCUT2D eigenvalue weighted by atomic mass is 32.2. The summed E-state index contributed by atoms with van der Waals surface area (Å²) in [5, 5.41) is 0. The smallest absolute Gasteiger partial charge is 0.304 e. The maximum Gasteiger partial charge on any atom is 0.433 e. The Labute approximate surface area is 245 Å². The zero-order chi connectivity index (χ0) is 31.2. The fraction of sp³-hybridized carbons (Fsp3) is 0.161. The van der Waals surface area contributed by atoms with E-state index >= 15 is 0 Å². The molecule has 0 bridgehead atoms. The van der Waals surface area contributed by atoms with E-state index in [0.717, 1.165) is 36.1 Å². The molecule has 0 aliphatic heterocycles. The molecule has 0 aliphatic rings. The topological polar surface area (TPSA) is 79.4 Å². The van der Waals surface area contributed by atoms with Gasteiger partial charge in [0, 0.05) is 17.5 Å². The third-order valence-electron chi connectivity index (χ3n) is 6.26. The number of halogens is 5. The third-order valence-corrected chi connectivity index (χ3v) is 6.84. The Morgan fingerprint density at radius 2 is 1.49 bits per heavy atom. The van der Waals surface area contributed by atoms with Gasteiger partial charge in [0.25, 0.3) is 5.91 Å². The lowest BCUT2D eigenvalue weighted by atomic mass is 10.0. The monoisotopic (exact) mass is 615 g/mol. The van der Waals surface area contributed by atoms with Gasteiger partial charge in [0.15, 0.2) is 11.6 Å². The number of hydrogen-bond donors (Lipinski definition) is 1. The molecule has 4 rings (SSSR count). The maximum absolute atomic E-state index is 14.6. The second-order valence-electron chi connectivity index (χ2n) is 9.62. The highest BCUT2D eigenvalue weighted by Crippen LogP contribution is 2.29. The summed E-state index contributed by atoms with van der Waals surface area (Å²) < 4.78 is 94.3. The summed E-state index contributed by atoms with van der Waals surface area (Å²) in [6, 6.07) is 21.3. The molecule has 1 aromatic heterocycles. The van der Waals surface area contributed by atoms with Crippen molar-refractivity contribution in [2.24, 2.45) is 0 Å². The lowest BCUT2D eigenvalue weighted by Crippen LogP contribution is -2.29. The summed E-state index contributed by atoms with van der Waals surface area (Å²) in [7, 11) is -3.95. The van der Waals surface area contributed by atoms with Crippen molar-refractivity contribution in [1.29, 1.82) is 0 Å². The number of hydrogen-bond acceptors (Lipinski definition) is 4. The first-order valence-corrected chi connectivity index (χ1v) is 14.8. The molecule has 0 unspecified atom stereocenters. The summed E-state index contributed by atoms with van der Waals surface area (Å²) in [6.07, 6.45) is -0.804. The Morgan fingerprint density at radius 1 is 0.884 bits per heavy atom. The average Bonchev–Trinajstić information content (AvgIpc) is 2.95. The molecule has 6 nitrogen and oxygen atoms in total. The Bertz CT molecular complexity index is 1710. The largest absolute Gasteiger partial charge is 0.433 e. The molecule has 3 aromatic carbocycles. The summed E-state index contributed by atoms with van der Waals surface area (Å²) in [4.78, 5) is 18.5. The van der Waals surface area contributed by atoms with Gasteiger partial charge in [-0.25, -0.2) is 22.2 Å². The molecular weight excluding hydrogens is 589 g/mol. The number of aromatic nitrogens is 1. The van der Waals surface area contributed by atoms with E-state index in [1.807, 2.05) is 30.3 Å². The molecule has 224 valence electrons. The van der Waals surface area contributed by atoms with E-state index in [-0.39, 0.29) is 24.2 Å². The second kappa shape index (κ2) is 13.2. The van der Waals surface area contributed by atoms with Gasteiger partial charge in [-0.3, -0.25) is 9.52 Å². The molecule has 0 aliphatic carbocycles. The summed E-state index contributed by atoms with van der Waals surface area (Å²) in [5.41, 5.74) is -0.138. The summed E-state index contributed by atoms with van der Waals surface area (Å²) in [6.45, 7) is -0.299. The number of carbonyl (C=O) groups excluding carboxylic acids is 1. The number of rotatable bonds is 10. The number of alkyl halides is 3. The molecule has 0 radical (unpaired) electrons. The maximum atomic E-state index is 14.6. The molecule has 0 spiro atoms. The molecular formula is C31H26F5N3O3S. The van der Waals surface area contributed by atoms with Crippen LogP contribution in [-0.2, 0) is 40.4 Å². The van der Waals surface area contributed by atoms with Crippen molar-refractivity contribution in [3.63, 3.8) is 0 Å². The number of pyridine rings is 1. The predicted octanol–water partition coefficient (Wildman–Crippen LogP) is 6.78. The van der Waals surface area contributed by atoms with Crippen LogP contribution < -0.4 is 9.62 Å². The molecule has 0 saturated heterocycles. The number of para-hydroxylation sites is 1. The molecule has 1 N–H and O–H groups in total. The Hall–Kier alpha value is -4.58. The van der Waals surface area contributed by atoms with Crippen molar-refractivity contribution >= 4 is 33.4 Å². The average molecular weight is 616 g/mol. The first-order valence-electron chi connectivity index (χ1n) is 12.9. The minimum atomic E-state index is -4.65. The van der Waals surface area contributed by atoms with E-state index in [4.69, 9.17) is 0 Å². The lowest BCUT2D eigenvalue weighted by Gasteiger charge is -2.22. The molecule has 4 aromatic rings. The predicted molar refractivity (Wildman–Crippen MR) is 155 cm³/mol. The van der Waals surface area contributed by atoms with Crippen LogP contribution in [0.25, 0.3) is 6.08 Å². The standard InChI is InChI=1S/C31H26F5N3O3S/c1-43(41,42)38-30-25(32)18-22(19-26(30)33)20-39(24-10-6-3-7-11-24)29(40)17-14-23-13-16-28(31(34,35)36)37-27(23)15-12-21-8-4-2-5-9-21/h2-11,13-14,16-19,38H,12,15,20H2,1H3/b17-14+. The fourth-order valence-electron chi connectivity index (χ4n) is 4.27. The highest BCUT2D eigenvalue weighted by Gasteiger charge is 2.33. The molecule has 43 heavy (non-hydrogen) atoms. The Morgan fingerprint density at radius 3 is 2.07 bits per heavy atom.